The quantitative estimate of drug-likeness (QED) is 0.185. The lowest BCUT2D eigenvalue weighted by Crippen LogP contribution is -2.31. The summed E-state index contributed by atoms with van der Waals surface area (Å²) in [6, 6.07) is 12.5. The van der Waals surface area contributed by atoms with E-state index < -0.39 is 17.5 Å². The second-order valence-corrected chi connectivity index (χ2v) is 15.0. The van der Waals surface area contributed by atoms with Crippen molar-refractivity contribution in [2.75, 3.05) is 133 Å². The van der Waals surface area contributed by atoms with E-state index >= 15 is 0 Å². The summed E-state index contributed by atoms with van der Waals surface area (Å²) in [7, 11) is 1.28. The van der Waals surface area contributed by atoms with E-state index in [1.165, 1.54) is 7.11 Å². The molecule has 0 fully saturated rings. The summed E-state index contributed by atoms with van der Waals surface area (Å²) in [5.41, 5.74) is 2.73. The molecule has 0 aromatic heterocycles. The van der Waals surface area contributed by atoms with Crippen molar-refractivity contribution < 1.29 is 80.6 Å². The number of rotatable bonds is 11. The van der Waals surface area contributed by atoms with Gasteiger partial charge in [0, 0.05) is 38.9 Å². The number of ether oxygens (including phenoxy) is 15. The SMILES string of the molecule is C=CCOc1c2cc(C3(c4cc5c(OCC=C)c(c4)COCCOCCOCCOCCOC5)OC(=O)c4ccc(OCC(=O)OC)cc43)cc1COCCOCCOCCOCCOC2. The van der Waals surface area contributed by atoms with Crippen LogP contribution in [0.3, 0.4) is 0 Å². The summed E-state index contributed by atoms with van der Waals surface area (Å²) >= 11 is 0. The van der Waals surface area contributed by atoms with Crippen LogP contribution in [-0.4, -0.2) is 145 Å². The van der Waals surface area contributed by atoms with Crippen molar-refractivity contribution >= 4 is 11.9 Å². The van der Waals surface area contributed by atoms with Crippen LogP contribution in [-0.2, 0) is 93.7 Å². The molecular formula is C49H62O17. The minimum atomic E-state index is -1.66. The fourth-order valence-corrected chi connectivity index (χ4v) is 7.41. The number of carbonyl (C=O) groups is 2. The molecule has 66 heavy (non-hydrogen) atoms. The van der Waals surface area contributed by atoms with Gasteiger partial charge >= 0.3 is 11.9 Å². The van der Waals surface area contributed by atoms with Crippen LogP contribution in [0.2, 0.25) is 0 Å². The van der Waals surface area contributed by atoms with Gasteiger partial charge in [0.05, 0.1) is 145 Å². The average Bonchev–Trinajstić information content (AvgIpc) is 3.63. The van der Waals surface area contributed by atoms with Gasteiger partial charge in [-0.15, -0.1) is 0 Å². The maximum Gasteiger partial charge on any atom is 0.343 e. The van der Waals surface area contributed by atoms with Gasteiger partial charge in [-0.25, -0.2) is 9.59 Å². The summed E-state index contributed by atoms with van der Waals surface area (Å²) in [4.78, 5) is 26.6. The molecule has 6 rings (SSSR count). The van der Waals surface area contributed by atoms with Crippen molar-refractivity contribution in [1.82, 2.24) is 0 Å². The third-order valence-electron chi connectivity index (χ3n) is 10.4. The van der Waals surface area contributed by atoms with E-state index in [0.29, 0.717) is 135 Å². The summed E-state index contributed by atoms with van der Waals surface area (Å²) in [6.07, 6.45) is 3.31. The van der Waals surface area contributed by atoms with Crippen LogP contribution in [0.5, 0.6) is 17.2 Å². The Morgan fingerprint density at radius 1 is 0.545 bits per heavy atom. The van der Waals surface area contributed by atoms with Gasteiger partial charge in [-0.3, -0.25) is 0 Å². The van der Waals surface area contributed by atoms with Gasteiger partial charge in [0.15, 0.2) is 12.2 Å². The lowest BCUT2D eigenvalue weighted by molar-refractivity contribution is -0.142. The predicted molar refractivity (Wildman–Crippen MR) is 237 cm³/mol. The first-order valence-corrected chi connectivity index (χ1v) is 22.1. The van der Waals surface area contributed by atoms with E-state index in [9.17, 15) is 9.59 Å². The van der Waals surface area contributed by atoms with Crippen LogP contribution in [0.4, 0.5) is 0 Å². The van der Waals surface area contributed by atoms with E-state index in [1.807, 2.05) is 24.3 Å². The van der Waals surface area contributed by atoms with E-state index in [0.717, 1.165) is 0 Å². The molecule has 0 atom stereocenters. The van der Waals surface area contributed by atoms with Crippen molar-refractivity contribution in [3.8, 4) is 17.2 Å². The monoisotopic (exact) mass is 922 g/mol. The molecule has 3 aromatic carbocycles. The summed E-state index contributed by atoms with van der Waals surface area (Å²) in [6.45, 7) is 13.8. The van der Waals surface area contributed by atoms with Crippen molar-refractivity contribution in [3.05, 3.63) is 112 Å². The predicted octanol–water partition coefficient (Wildman–Crippen LogP) is 5.02. The summed E-state index contributed by atoms with van der Waals surface area (Å²) in [5, 5.41) is 0. The molecule has 0 amide bonds. The number of fused-ring (bicyclic) bond motifs is 5. The van der Waals surface area contributed by atoms with Crippen molar-refractivity contribution in [1.29, 1.82) is 0 Å². The van der Waals surface area contributed by atoms with Crippen LogP contribution in [0.15, 0.2) is 67.8 Å². The van der Waals surface area contributed by atoms with Gasteiger partial charge in [-0.1, -0.05) is 25.3 Å². The number of hydrogen-bond acceptors (Lipinski definition) is 17. The molecule has 17 heteroatoms. The van der Waals surface area contributed by atoms with E-state index in [1.54, 1.807) is 30.4 Å². The first kappa shape index (κ1) is 50.5. The molecule has 0 N–H and O–H groups in total. The number of benzene rings is 3. The molecule has 0 aliphatic carbocycles. The largest absolute Gasteiger partial charge is 0.489 e. The van der Waals surface area contributed by atoms with Crippen LogP contribution < -0.4 is 14.2 Å². The Kier molecular flexibility index (Phi) is 21.2. The minimum Gasteiger partial charge on any atom is -0.489 e. The molecule has 0 unspecified atom stereocenters. The molecule has 0 saturated heterocycles. The molecule has 3 aliphatic rings. The van der Waals surface area contributed by atoms with E-state index in [2.05, 4.69) is 13.2 Å². The third-order valence-corrected chi connectivity index (χ3v) is 10.4. The highest BCUT2D eigenvalue weighted by atomic mass is 16.6. The fraction of sp³-hybridized carbons (Fsp3) is 0.510. The number of carbonyl (C=O) groups excluding carboxylic acids is 2. The zero-order chi connectivity index (χ0) is 46.2. The normalized spacial score (nSPS) is 18.7. The van der Waals surface area contributed by atoms with Gasteiger partial charge < -0.3 is 71.1 Å². The zero-order valence-electron chi connectivity index (χ0n) is 37.8. The standard InChI is InChI=1S/C49H62O17/c1-4-8-63-46-36-26-40(27-37(46)32-60-23-19-56-15-11-53-10-14-55-18-22-59-31-36)49(44-30-42(65-35-45(50)52-3)6-7-43(44)48(51)66-49)41-28-38-33-61-24-20-57-16-12-54-13-17-58-21-25-62-34-39(29-41)47(38)64-9-5-2/h4-7,26-30H,1-2,8-25,31-35H2,3H3. The third kappa shape index (κ3) is 14.3. The molecule has 4 bridgehead atoms. The maximum atomic E-state index is 14.4. The molecule has 0 saturated carbocycles. The van der Waals surface area contributed by atoms with Crippen LogP contribution in [0, 0.1) is 0 Å². The van der Waals surface area contributed by atoms with Gasteiger partial charge in [-0.2, -0.15) is 0 Å². The Morgan fingerprint density at radius 2 is 0.909 bits per heavy atom. The van der Waals surface area contributed by atoms with Gasteiger partial charge in [0.25, 0.3) is 0 Å². The Bertz CT molecular complexity index is 1850. The van der Waals surface area contributed by atoms with Gasteiger partial charge in [0.1, 0.15) is 30.5 Å². The average molecular weight is 923 g/mol. The highest BCUT2D eigenvalue weighted by Crippen LogP contribution is 2.51. The molecule has 360 valence electrons. The first-order valence-electron chi connectivity index (χ1n) is 22.1. The molecule has 3 aromatic rings. The number of hydrogen-bond donors (Lipinski definition) is 0. The number of methoxy groups -OCH3 is 1. The van der Waals surface area contributed by atoms with Gasteiger partial charge in [0.2, 0.25) is 0 Å². The smallest absolute Gasteiger partial charge is 0.343 e. The van der Waals surface area contributed by atoms with Crippen LogP contribution in [0.1, 0.15) is 49.3 Å². The summed E-state index contributed by atoms with van der Waals surface area (Å²) in [5.74, 6) is 0.184. The number of esters is 2. The van der Waals surface area contributed by atoms with Crippen molar-refractivity contribution in [2.45, 2.75) is 32.0 Å². The summed E-state index contributed by atoms with van der Waals surface area (Å²) < 4.78 is 89.4. The Balaban J connectivity index is 1.56. The lowest BCUT2D eigenvalue weighted by atomic mass is 9.77. The second kappa shape index (κ2) is 27.7. The highest BCUT2D eigenvalue weighted by molar-refractivity contribution is 5.96. The highest BCUT2D eigenvalue weighted by Gasteiger charge is 2.50. The van der Waals surface area contributed by atoms with Gasteiger partial charge in [-0.05, 0) is 42.5 Å². The van der Waals surface area contributed by atoms with Crippen molar-refractivity contribution in [3.63, 3.8) is 0 Å². The molecule has 3 aliphatic heterocycles. The van der Waals surface area contributed by atoms with E-state index in [4.69, 9.17) is 71.1 Å². The minimum absolute atomic E-state index is 0.0955. The second-order valence-electron chi connectivity index (χ2n) is 15.0. The molecule has 0 radical (unpaired) electrons. The molecule has 3 heterocycles. The zero-order valence-corrected chi connectivity index (χ0v) is 37.8. The van der Waals surface area contributed by atoms with Crippen LogP contribution in [0.25, 0.3) is 0 Å². The van der Waals surface area contributed by atoms with E-state index in [-0.39, 0.29) is 78.2 Å². The topological polar surface area (TPSA) is 173 Å². The van der Waals surface area contributed by atoms with Crippen molar-refractivity contribution in [2.24, 2.45) is 0 Å². The Labute approximate surface area is 385 Å². The maximum absolute atomic E-state index is 14.4. The lowest BCUT2D eigenvalue weighted by Gasteiger charge is -2.33. The molecule has 0 spiro atoms. The first-order chi connectivity index (χ1) is 32.5. The van der Waals surface area contributed by atoms with Crippen LogP contribution >= 0.6 is 0 Å². The molecular weight excluding hydrogens is 861 g/mol. The Hall–Kier alpha value is -4.92. The fourth-order valence-electron chi connectivity index (χ4n) is 7.41. The molecule has 17 nitrogen and oxygen atoms in total. The number of cyclic esters (lactones) is 1. The Morgan fingerprint density at radius 3 is 1.26 bits per heavy atom.